The van der Waals surface area contributed by atoms with E-state index in [1.807, 2.05) is 0 Å². The average molecular weight is 309 g/mol. The highest BCUT2D eigenvalue weighted by Crippen LogP contribution is 2.31. The number of fused-ring (bicyclic) bond motifs is 1. The molecule has 122 valence electrons. The van der Waals surface area contributed by atoms with Crippen molar-refractivity contribution < 1.29 is 0 Å². The van der Waals surface area contributed by atoms with Crippen molar-refractivity contribution in [2.24, 2.45) is 0 Å². The summed E-state index contributed by atoms with van der Waals surface area (Å²) in [5, 5.41) is 0. The highest BCUT2D eigenvalue weighted by Gasteiger charge is 2.22. The number of aryl methyl sites for hydroxylation is 2. The molecule has 3 rings (SSSR count). The Bertz CT molecular complexity index is 652. The molecule has 2 aromatic rings. The Kier molecular flexibility index (Phi) is 4.45. The number of nitrogens with zero attached hydrogens (tertiary/aromatic N) is 2. The van der Waals surface area contributed by atoms with E-state index in [-0.39, 0.29) is 0 Å². The van der Waals surface area contributed by atoms with Gasteiger partial charge in [-0.05, 0) is 55.0 Å². The molecule has 0 aromatic heterocycles. The smallest absolute Gasteiger partial charge is 0.132 e. The summed E-state index contributed by atoms with van der Waals surface area (Å²) in [4.78, 5) is 2.49. The van der Waals surface area contributed by atoms with Gasteiger partial charge in [0.15, 0.2) is 0 Å². The summed E-state index contributed by atoms with van der Waals surface area (Å²) in [6.45, 7) is 0. The van der Waals surface area contributed by atoms with E-state index in [1.54, 1.807) is 0 Å². The van der Waals surface area contributed by atoms with Crippen LogP contribution in [0, 0.1) is 0 Å². The van der Waals surface area contributed by atoms with E-state index in [1.165, 1.54) is 41.8 Å². The predicted molar refractivity (Wildman–Crippen MR) is 101 cm³/mol. The Morgan fingerprint density at radius 2 is 1.70 bits per heavy atom. The van der Waals surface area contributed by atoms with Crippen molar-refractivity contribution in [3.8, 4) is 0 Å². The number of anilines is 1. The zero-order valence-corrected chi connectivity index (χ0v) is 14.9. The molecular formula is C21H29N2+. The summed E-state index contributed by atoms with van der Waals surface area (Å²) in [7, 11) is 8.89. The number of para-hydroxylation sites is 1. The molecule has 0 aliphatic carbocycles. The second-order valence-corrected chi connectivity index (χ2v) is 7.65. The summed E-state index contributed by atoms with van der Waals surface area (Å²) in [5.41, 5.74) is 5.73. The van der Waals surface area contributed by atoms with E-state index in [0.717, 1.165) is 10.9 Å². The minimum atomic E-state index is 0.656. The Balaban J connectivity index is 1.63. The molecule has 1 atom stereocenters. The third-order valence-corrected chi connectivity index (χ3v) is 5.14. The minimum absolute atomic E-state index is 0.656. The lowest BCUT2D eigenvalue weighted by Gasteiger charge is -2.36. The van der Waals surface area contributed by atoms with Gasteiger partial charge in [0, 0.05) is 18.8 Å². The molecule has 0 saturated carbocycles. The SMILES string of the molecule is CN1c2ccccc2CC[C@H]1CCc1ccc([N+](C)(C)C)cc1. The second-order valence-electron chi connectivity index (χ2n) is 7.65. The van der Waals surface area contributed by atoms with E-state index in [4.69, 9.17) is 0 Å². The third kappa shape index (κ3) is 3.59. The van der Waals surface area contributed by atoms with Crippen molar-refractivity contribution in [2.45, 2.75) is 31.7 Å². The van der Waals surface area contributed by atoms with E-state index < -0.39 is 0 Å². The maximum absolute atomic E-state index is 2.49. The lowest BCUT2D eigenvalue weighted by Crippen LogP contribution is -2.36. The highest BCUT2D eigenvalue weighted by atomic mass is 15.3. The molecule has 0 unspecified atom stereocenters. The van der Waals surface area contributed by atoms with E-state index in [2.05, 4.69) is 81.6 Å². The summed E-state index contributed by atoms with van der Waals surface area (Å²) in [6, 6.07) is 18.6. The van der Waals surface area contributed by atoms with Gasteiger partial charge in [-0.15, -0.1) is 0 Å². The first-order chi connectivity index (χ1) is 10.9. The molecule has 1 aliphatic rings. The van der Waals surface area contributed by atoms with Crippen LogP contribution in [0.2, 0.25) is 0 Å². The van der Waals surface area contributed by atoms with Crippen molar-refractivity contribution in [3.63, 3.8) is 0 Å². The summed E-state index contributed by atoms with van der Waals surface area (Å²) in [6.07, 6.45) is 4.87. The molecule has 0 bridgehead atoms. The van der Waals surface area contributed by atoms with Gasteiger partial charge in [0.25, 0.3) is 0 Å². The molecule has 1 aliphatic heterocycles. The normalized spacial score (nSPS) is 17.9. The van der Waals surface area contributed by atoms with Crippen molar-refractivity contribution in [2.75, 3.05) is 33.1 Å². The molecule has 0 saturated heterocycles. The largest absolute Gasteiger partial charge is 0.371 e. The number of quaternary nitrogens is 1. The number of rotatable bonds is 4. The molecule has 0 radical (unpaired) electrons. The van der Waals surface area contributed by atoms with Crippen LogP contribution in [-0.2, 0) is 12.8 Å². The van der Waals surface area contributed by atoms with Crippen LogP contribution in [0.5, 0.6) is 0 Å². The molecule has 2 aromatic carbocycles. The van der Waals surface area contributed by atoms with Gasteiger partial charge in [0.2, 0.25) is 0 Å². The van der Waals surface area contributed by atoms with Crippen molar-refractivity contribution in [1.82, 2.24) is 4.48 Å². The molecule has 0 spiro atoms. The van der Waals surface area contributed by atoms with E-state index >= 15 is 0 Å². The molecule has 23 heavy (non-hydrogen) atoms. The van der Waals surface area contributed by atoms with Gasteiger partial charge in [0.1, 0.15) is 5.69 Å². The first-order valence-corrected chi connectivity index (χ1v) is 8.67. The van der Waals surface area contributed by atoms with Crippen LogP contribution in [0.1, 0.15) is 24.0 Å². The first kappa shape index (κ1) is 16.1. The molecule has 1 heterocycles. The average Bonchev–Trinajstić information content (AvgIpc) is 2.54. The fourth-order valence-electron chi connectivity index (χ4n) is 3.56. The zero-order valence-electron chi connectivity index (χ0n) is 14.9. The Morgan fingerprint density at radius 3 is 2.39 bits per heavy atom. The number of hydrogen-bond donors (Lipinski definition) is 0. The Hall–Kier alpha value is -1.80. The lowest BCUT2D eigenvalue weighted by molar-refractivity contribution is 0.486. The topological polar surface area (TPSA) is 3.24 Å². The molecular weight excluding hydrogens is 280 g/mol. The van der Waals surface area contributed by atoms with Gasteiger partial charge in [-0.25, -0.2) is 0 Å². The minimum Gasteiger partial charge on any atom is -0.371 e. The van der Waals surface area contributed by atoms with Gasteiger partial charge >= 0.3 is 0 Å². The van der Waals surface area contributed by atoms with Crippen LogP contribution < -0.4 is 9.38 Å². The maximum Gasteiger partial charge on any atom is 0.132 e. The molecule has 0 N–H and O–H groups in total. The maximum atomic E-state index is 2.49. The quantitative estimate of drug-likeness (QED) is 0.763. The molecule has 2 nitrogen and oxygen atoms in total. The predicted octanol–water partition coefficient (Wildman–Crippen LogP) is 4.27. The zero-order chi connectivity index (χ0) is 16.4. The fraction of sp³-hybridized carbons (Fsp3) is 0.429. The van der Waals surface area contributed by atoms with Crippen LogP contribution >= 0.6 is 0 Å². The van der Waals surface area contributed by atoms with Gasteiger partial charge in [0.05, 0.1) is 21.1 Å². The van der Waals surface area contributed by atoms with Crippen molar-refractivity contribution >= 4 is 11.4 Å². The van der Waals surface area contributed by atoms with Crippen LogP contribution in [0.4, 0.5) is 11.4 Å². The van der Waals surface area contributed by atoms with Crippen LogP contribution in [0.3, 0.4) is 0 Å². The Labute approximate surface area is 140 Å². The Morgan fingerprint density at radius 1 is 1.00 bits per heavy atom. The van der Waals surface area contributed by atoms with Gasteiger partial charge < -0.3 is 4.90 Å². The second kappa shape index (κ2) is 6.37. The van der Waals surface area contributed by atoms with Gasteiger partial charge in [-0.3, -0.25) is 4.48 Å². The fourth-order valence-corrected chi connectivity index (χ4v) is 3.56. The summed E-state index contributed by atoms with van der Waals surface area (Å²) < 4.78 is 0.877. The monoisotopic (exact) mass is 309 g/mol. The molecule has 0 amide bonds. The van der Waals surface area contributed by atoms with Crippen molar-refractivity contribution in [1.29, 1.82) is 0 Å². The number of hydrogen-bond acceptors (Lipinski definition) is 1. The molecule has 2 heteroatoms. The van der Waals surface area contributed by atoms with E-state index in [9.17, 15) is 0 Å². The third-order valence-electron chi connectivity index (χ3n) is 5.14. The molecule has 0 fully saturated rings. The summed E-state index contributed by atoms with van der Waals surface area (Å²) >= 11 is 0. The number of benzene rings is 2. The van der Waals surface area contributed by atoms with Gasteiger partial charge in [-0.1, -0.05) is 30.3 Å². The van der Waals surface area contributed by atoms with Crippen LogP contribution in [-0.4, -0.2) is 34.2 Å². The van der Waals surface area contributed by atoms with Crippen molar-refractivity contribution in [3.05, 3.63) is 59.7 Å². The standard InChI is InChI=1S/C21H29N2/c1-22-19(14-12-18-7-5-6-8-21(18)22)13-9-17-10-15-20(16-11-17)23(2,3)4/h5-8,10-11,15-16,19H,9,12-14H2,1-4H3/q+1/t19-/m1/s1. The van der Waals surface area contributed by atoms with Gasteiger partial charge in [-0.2, -0.15) is 0 Å². The van der Waals surface area contributed by atoms with E-state index in [0.29, 0.717) is 6.04 Å². The van der Waals surface area contributed by atoms with Crippen LogP contribution in [0.25, 0.3) is 0 Å². The van der Waals surface area contributed by atoms with Crippen LogP contribution in [0.15, 0.2) is 48.5 Å². The lowest BCUT2D eigenvalue weighted by atomic mass is 9.92. The first-order valence-electron chi connectivity index (χ1n) is 8.67. The highest BCUT2D eigenvalue weighted by molar-refractivity contribution is 5.55. The summed E-state index contributed by atoms with van der Waals surface area (Å²) in [5.74, 6) is 0.